The summed E-state index contributed by atoms with van der Waals surface area (Å²) >= 11 is 1.43. The summed E-state index contributed by atoms with van der Waals surface area (Å²) in [5, 5.41) is 11.4. The van der Waals surface area contributed by atoms with E-state index in [4.69, 9.17) is 4.42 Å². The summed E-state index contributed by atoms with van der Waals surface area (Å²) in [5.74, 6) is 0.527. The van der Waals surface area contributed by atoms with Gasteiger partial charge in [-0.05, 0) is 19.1 Å². The van der Waals surface area contributed by atoms with Gasteiger partial charge in [0.15, 0.2) is 5.16 Å². The second kappa shape index (κ2) is 7.23. The molecule has 0 amide bonds. The van der Waals surface area contributed by atoms with Crippen LogP contribution >= 0.6 is 11.8 Å². The van der Waals surface area contributed by atoms with Crippen LogP contribution in [0.3, 0.4) is 0 Å². The normalized spacial score (nSPS) is 15.7. The molecule has 1 aliphatic heterocycles. The minimum atomic E-state index is -1.31. The van der Waals surface area contributed by atoms with Crippen molar-refractivity contribution < 1.29 is 19.2 Å². The molecule has 0 spiro atoms. The number of furan rings is 1. The number of thioether (sulfide) groups is 1. The third-order valence-electron chi connectivity index (χ3n) is 3.97. The molecule has 24 heavy (non-hydrogen) atoms. The van der Waals surface area contributed by atoms with Crippen LogP contribution < -0.4 is 14.9 Å². The Hall–Kier alpha value is -2.06. The number of carbonyl (C=O) groups excluding carboxylic acids is 1. The van der Waals surface area contributed by atoms with Crippen molar-refractivity contribution in [3.8, 4) is 0 Å². The number of aromatic carboxylic acids is 1. The molecule has 1 fully saturated rings. The van der Waals surface area contributed by atoms with E-state index in [0.29, 0.717) is 16.7 Å². The fourth-order valence-corrected chi connectivity index (χ4v) is 3.36. The van der Waals surface area contributed by atoms with Crippen LogP contribution in [0.4, 0.5) is 5.82 Å². The molecule has 3 rings (SSSR count). The number of carboxylic acids is 1. The topological polar surface area (TPSA) is 86.7 Å². The van der Waals surface area contributed by atoms with Crippen molar-refractivity contribution in [3.63, 3.8) is 0 Å². The molecule has 2 aromatic heterocycles. The largest absolute Gasteiger partial charge is 0.542 e. The maximum atomic E-state index is 10.7. The Labute approximate surface area is 144 Å². The molecule has 1 saturated heterocycles. The first kappa shape index (κ1) is 16.8. The number of anilines is 1. The predicted octanol–water partition coefficient (Wildman–Crippen LogP) is -0.631. The van der Waals surface area contributed by atoms with Crippen molar-refractivity contribution in [2.45, 2.75) is 17.8 Å². The summed E-state index contributed by atoms with van der Waals surface area (Å²) in [5.41, 5.74) is 0.920. The minimum absolute atomic E-state index is 0.156. The highest BCUT2D eigenvalue weighted by Gasteiger charge is 2.19. The van der Waals surface area contributed by atoms with Crippen LogP contribution in [0.15, 0.2) is 27.8 Å². The fraction of sp³-hybridized carbons (Fsp3) is 0.438. The minimum Gasteiger partial charge on any atom is -0.542 e. The van der Waals surface area contributed by atoms with Crippen molar-refractivity contribution in [2.75, 3.05) is 38.1 Å². The Balaban J connectivity index is 1.68. The zero-order valence-corrected chi connectivity index (χ0v) is 14.6. The average molecular weight is 348 g/mol. The lowest BCUT2D eigenvalue weighted by Crippen LogP contribution is -3.12. The van der Waals surface area contributed by atoms with Crippen LogP contribution in [-0.2, 0) is 5.75 Å². The standard InChI is InChI=1S/C16H20N4O3S/c1-11-9-14(20-7-5-19(2)6-8-20)18-16(17-11)24-10-12-3-4-13(23-12)15(21)22/h3-4,9H,5-8,10H2,1-2H3,(H,21,22). The summed E-state index contributed by atoms with van der Waals surface area (Å²) in [7, 11) is 2.20. The van der Waals surface area contributed by atoms with Crippen molar-refractivity contribution in [2.24, 2.45) is 0 Å². The molecule has 1 aliphatic rings. The molecular formula is C16H20N4O3S. The number of piperazine rings is 1. The van der Waals surface area contributed by atoms with Crippen LogP contribution in [0.1, 0.15) is 22.0 Å². The summed E-state index contributed by atoms with van der Waals surface area (Å²) in [6.45, 7) is 6.13. The van der Waals surface area contributed by atoms with Crippen LogP contribution in [0.5, 0.6) is 0 Å². The Morgan fingerprint density at radius 2 is 2.12 bits per heavy atom. The van der Waals surface area contributed by atoms with Gasteiger partial charge in [0.2, 0.25) is 0 Å². The van der Waals surface area contributed by atoms with E-state index in [1.807, 2.05) is 13.0 Å². The van der Waals surface area contributed by atoms with Crippen LogP contribution in [-0.4, -0.2) is 49.2 Å². The molecule has 3 heterocycles. The van der Waals surface area contributed by atoms with Crippen LogP contribution in [0.2, 0.25) is 0 Å². The maximum Gasteiger partial charge on any atom is 0.190 e. The molecule has 0 radical (unpaired) electrons. The number of hydrogen-bond acceptors (Lipinski definition) is 7. The summed E-state index contributed by atoms with van der Waals surface area (Å²) in [6.07, 6.45) is 0. The van der Waals surface area contributed by atoms with E-state index in [-0.39, 0.29) is 5.76 Å². The molecule has 1 N–H and O–H groups in total. The van der Waals surface area contributed by atoms with Gasteiger partial charge < -0.3 is 24.1 Å². The van der Waals surface area contributed by atoms with Crippen LogP contribution in [0, 0.1) is 6.92 Å². The van der Waals surface area contributed by atoms with E-state index in [1.54, 1.807) is 6.07 Å². The Bertz CT molecular complexity index is 726. The van der Waals surface area contributed by atoms with Gasteiger partial charge in [-0.25, -0.2) is 9.97 Å². The number of rotatable bonds is 5. The van der Waals surface area contributed by atoms with Gasteiger partial charge >= 0.3 is 0 Å². The monoisotopic (exact) mass is 348 g/mol. The number of nitrogens with zero attached hydrogens (tertiary/aromatic N) is 3. The molecule has 0 aliphatic carbocycles. The van der Waals surface area contributed by atoms with Crippen molar-refractivity contribution in [1.82, 2.24) is 9.97 Å². The van der Waals surface area contributed by atoms with Gasteiger partial charge in [0, 0.05) is 11.8 Å². The van der Waals surface area contributed by atoms with Gasteiger partial charge in [0.05, 0.1) is 39.0 Å². The molecule has 0 bridgehead atoms. The zero-order chi connectivity index (χ0) is 17.1. The highest BCUT2D eigenvalue weighted by Crippen LogP contribution is 2.23. The highest BCUT2D eigenvalue weighted by atomic mass is 32.2. The summed E-state index contributed by atoms with van der Waals surface area (Å²) < 4.78 is 5.20. The zero-order valence-electron chi connectivity index (χ0n) is 13.7. The van der Waals surface area contributed by atoms with Crippen molar-refractivity contribution in [3.05, 3.63) is 35.4 Å². The van der Waals surface area contributed by atoms with E-state index in [9.17, 15) is 9.90 Å². The second-order valence-corrected chi connectivity index (χ2v) is 6.88. The van der Waals surface area contributed by atoms with Gasteiger partial charge in [-0.2, -0.15) is 0 Å². The van der Waals surface area contributed by atoms with Gasteiger partial charge in [-0.3, -0.25) is 0 Å². The van der Waals surface area contributed by atoms with E-state index in [1.165, 1.54) is 22.7 Å². The lowest BCUT2D eigenvalue weighted by Gasteiger charge is -2.31. The molecule has 8 heteroatoms. The van der Waals surface area contributed by atoms with Gasteiger partial charge in [0.1, 0.15) is 23.3 Å². The smallest absolute Gasteiger partial charge is 0.190 e. The van der Waals surface area contributed by atoms with E-state index >= 15 is 0 Å². The Morgan fingerprint density at radius 3 is 2.79 bits per heavy atom. The maximum absolute atomic E-state index is 10.7. The van der Waals surface area contributed by atoms with E-state index in [0.717, 1.165) is 37.7 Å². The molecule has 0 aromatic carbocycles. The number of quaternary nitrogens is 1. The lowest BCUT2D eigenvalue weighted by atomic mass is 10.3. The van der Waals surface area contributed by atoms with Gasteiger partial charge in [-0.1, -0.05) is 11.8 Å². The molecule has 0 saturated carbocycles. The number of aryl methyl sites for hydroxylation is 1. The van der Waals surface area contributed by atoms with Gasteiger partial charge in [-0.15, -0.1) is 0 Å². The van der Waals surface area contributed by atoms with E-state index in [2.05, 4.69) is 21.9 Å². The first-order valence-corrected chi connectivity index (χ1v) is 8.84. The predicted molar refractivity (Wildman–Crippen MR) is 88.2 cm³/mol. The number of carbonyl (C=O) groups is 1. The molecule has 2 aromatic rings. The molecule has 0 unspecified atom stereocenters. The number of likely N-dealkylation sites (N-methyl/N-ethyl adjacent to an activating group) is 1. The van der Waals surface area contributed by atoms with E-state index < -0.39 is 5.97 Å². The SMILES string of the molecule is Cc1cc(N2CC[NH+](C)CC2)nc(SCc2ccc(C(=O)[O-])o2)n1. The average Bonchev–Trinajstić information content (AvgIpc) is 3.02. The molecule has 0 atom stereocenters. The first-order chi connectivity index (χ1) is 11.5. The number of aromatic nitrogens is 2. The summed E-state index contributed by atoms with van der Waals surface area (Å²) in [4.78, 5) is 23.6. The number of hydrogen-bond donors (Lipinski definition) is 1. The molecule has 128 valence electrons. The summed E-state index contributed by atoms with van der Waals surface area (Å²) in [6, 6.07) is 5.05. The van der Waals surface area contributed by atoms with Crippen LogP contribution in [0.25, 0.3) is 0 Å². The number of nitrogens with one attached hydrogen (secondary N) is 1. The fourth-order valence-electron chi connectivity index (χ4n) is 2.57. The molecule has 7 nitrogen and oxygen atoms in total. The second-order valence-electron chi connectivity index (χ2n) is 5.94. The highest BCUT2D eigenvalue weighted by molar-refractivity contribution is 7.98. The lowest BCUT2D eigenvalue weighted by molar-refractivity contribution is -0.880. The quantitative estimate of drug-likeness (QED) is 0.569. The van der Waals surface area contributed by atoms with Crippen molar-refractivity contribution in [1.29, 1.82) is 0 Å². The number of carboxylic acid groups (broad SMARTS) is 1. The Kier molecular flexibility index (Phi) is 5.06. The third-order valence-corrected chi connectivity index (χ3v) is 4.84. The van der Waals surface area contributed by atoms with Gasteiger partial charge in [0.25, 0.3) is 0 Å². The molecular weight excluding hydrogens is 328 g/mol. The first-order valence-electron chi connectivity index (χ1n) is 7.86. The third kappa shape index (κ3) is 4.07. The van der Waals surface area contributed by atoms with Crippen molar-refractivity contribution >= 4 is 23.5 Å². The Morgan fingerprint density at radius 1 is 1.38 bits per heavy atom.